The first kappa shape index (κ1) is 16.7. The molecule has 2 aromatic carbocycles. The van der Waals surface area contributed by atoms with Crippen LogP contribution in [0.2, 0.25) is 0 Å². The zero-order chi connectivity index (χ0) is 15.9. The molecule has 0 bridgehead atoms. The first-order valence-corrected chi connectivity index (χ1v) is 8.19. The summed E-state index contributed by atoms with van der Waals surface area (Å²) in [5, 5.41) is 6.29. The number of amides is 1. The number of halogens is 1. The summed E-state index contributed by atoms with van der Waals surface area (Å²) in [5.41, 5.74) is 2.24. The van der Waals surface area contributed by atoms with E-state index in [9.17, 15) is 4.79 Å². The maximum atomic E-state index is 12.2. The van der Waals surface area contributed by atoms with E-state index in [1.54, 1.807) is 0 Å². The summed E-state index contributed by atoms with van der Waals surface area (Å²) >= 11 is 3.54. The van der Waals surface area contributed by atoms with Crippen LogP contribution in [0.5, 0.6) is 0 Å². The lowest BCUT2D eigenvalue weighted by atomic mass is 10.1. The number of nitrogens with one attached hydrogen (secondary N) is 2. The fourth-order valence-electron chi connectivity index (χ4n) is 2.30. The molecule has 0 aromatic heterocycles. The van der Waals surface area contributed by atoms with Crippen LogP contribution in [0.3, 0.4) is 0 Å². The zero-order valence-corrected chi connectivity index (χ0v) is 14.4. The molecule has 0 fully saturated rings. The zero-order valence-electron chi connectivity index (χ0n) is 12.8. The largest absolute Gasteiger partial charge is 0.351 e. The van der Waals surface area contributed by atoms with Crippen molar-refractivity contribution in [3.63, 3.8) is 0 Å². The highest BCUT2D eigenvalue weighted by Crippen LogP contribution is 2.22. The van der Waals surface area contributed by atoms with Gasteiger partial charge in [0.25, 0.3) is 0 Å². The fourth-order valence-corrected chi connectivity index (χ4v) is 2.93. The Labute approximate surface area is 140 Å². The first-order chi connectivity index (χ1) is 10.6. The Balaban J connectivity index is 1.87. The van der Waals surface area contributed by atoms with Crippen LogP contribution in [0.15, 0.2) is 59.1 Å². The van der Waals surface area contributed by atoms with Gasteiger partial charge in [0.15, 0.2) is 0 Å². The van der Waals surface area contributed by atoms with Crippen LogP contribution in [0.25, 0.3) is 0 Å². The summed E-state index contributed by atoms with van der Waals surface area (Å²) in [4.78, 5) is 12.2. The Kier molecular flexibility index (Phi) is 6.16. The van der Waals surface area contributed by atoms with Crippen molar-refractivity contribution in [1.82, 2.24) is 10.6 Å². The van der Waals surface area contributed by atoms with E-state index in [2.05, 4.69) is 39.6 Å². The Morgan fingerprint density at radius 1 is 1.05 bits per heavy atom. The second-order valence-electron chi connectivity index (χ2n) is 5.33. The molecule has 0 aliphatic rings. The van der Waals surface area contributed by atoms with Gasteiger partial charge < -0.3 is 5.32 Å². The van der Waals surface area contributed by atoms with Crippen molar-refractivity contribution in [3.05, 3.63) is 70.2 Å². The van der Waals surface area contributed by atoms with Crippen molar-refractivity contribution in [2.75, 3.05) is 0 Å². The van der Waals surface area contributed by atoms with Crippen molar-refractivity contribution >= 4 is 21.8 Å². The average molecular weight is 361 g/mol. The predicted molar refractivity (Wildman–Crippen MR) is 93.4 cm³/mol. The first-order valence-electron chi connectivity index (χ1n) is 7.40. The number of rotatable bonds is 6. The minimum absolute atomic E-state index is 0.00255. The van der Waals surface area contributed by atoms with Crippen molar-refractivity contribution in [2.45, 2.75) is 32.5 Å². The molecule has 0 aliphatic carbocycles. The maximum absolute atomic E-state index is 12.2. The Morgan fingerprint density at radius 2 is 1.68 bits per heavy atom. The Hall–Kier alpha value is -1.65. The van der Waals surface area contributed by atoms with Gasteiger partial charge in [-0.05, 0) is 31.0 Å². The molecule has 0 spiro atoms. The third kappa shape index (κ3) is 4.68. The molecule has 0 saturated carbocycles. The molecule has 4 heteroatoms. The summed E-state index contributed by atoms with van der Waals surface area (Å²) in [6.07, 6.45) is 0. The van der Waals surface area contributed by atoms with Gasteiger partial charge in [0, 0.05) is 17.1 Å². The SMILES string of the molecule is CC(NC(C)c1ccccc1Br)C(=O)NCc1ccccc1. The molecule has 0 aliphatic heterocycles. The highest BCUT2D eigenvalue weighted by molar-refractivity contribution is 9.10. The monoisotopic (exact) mass is 360 g/mol. The van der Waals surface area contributed by atoms with Crippen molar-refractivity contribution in [3.8, 4) is 0 Å². The molecule has 0 saturated heterocycles. The van der Waals surface area contributed by atoms with E-state index in [0.717, 1.165) is 15.6 Å². The molecule has 3 nitrogen and oxygen atoms in total. The minimum atomic E-state index is -0.259. The fraction of sp³-hybridized carbons (Fsp3) is 0.278. The van der Waals surface area contributed by atoms with Gasteiger partial charge in [0.05, 0.1) is 6.04 Å². The topological polar surface area (TPSA) is 41.1 Å². The third-order valence-electron chi connectivity index (χ3n) is 3.57. The van der Waals surface area contributed by atoms with Gasteiger partial charge in [-0.15, -0.1) is 0 Å². The quantitative estimate of drug-likeness (QED) is 0.822. The number of benzene rings is 2. The summed E-state index contributed by atoms with van der Waals surface area (Å²) in [5.74, 6) is 0.00255. The van der Waals surface area contributed by atoms with E-state index < -0.39 is 0 Å². The maximum Gasteiger partial charge on any atom is 0.237 e. The van der Waals surface area contributed by atoms with Crippen LogP contribution in [0.4, 0.5) is 0 Å². The van der Waals surface area contributed by atoms with E-state index in [0.29, 0.717) is 6.54 Å². The Bertz CT molecular complexity index is 615. The van der Waals surface area contributed by atoms with Crippen LogP contribution in [-0.4, -0.2) is 11.9 Å². The molecule has 1 amide bonds. The Morgan fingerprint density at radius 3 is 2.36 bits per heavy atom. The highest BCUT2D eigenvalue weighted by atomic mass is 79.9. The smallest absolute Gasteiger partial charge is 0.237 e. The molecule has 2 aromatic rings. The summed E-state index contributed by atoms with van der Waals surface area (Å²) in [6, 6.07) is 17.8. The van der Waals surface area contributed by atoms with E-state index >= 15 is 0 Å². The van der Waals surface area contributed by atoms with E-state index in [1.165, 1.54) is 0 Å². The van der Waals surface area contributed by atoms with Gasteiger partial charge >= 0.3 is 0 Å². The van der Waals surface area contributed by atoms with Gasteiger partial charge in [-0.25, -0.2) is 0 Å². The second-order valence-corrected chi connectivity index (χ2v) is 6.19. The number of carbonyl (C=O) groups excluding carboxylic acids is 1. The summed E-state index contributed by atoms with van der Waals surface area (Å²) < 4.78 is 1.05. The second kappa shape index (κ2) is 8.11. The van der Waals surface area contributed by atoms with Gasteiger partial charge in [-0.3, -0.25) is 10.1 Å². The van der Waals surface area contributed by atoms with Gasteiger partial charge in [-0.2, -0.15) is 0 Å². The summed E-state index contributed by atoms with van der Waals surface area (Å²) in [6.45, 7) is 4.49. The molecule has 2 N–H and O–H groups in total. The number of carbonyl (C=O) groups is 1. The number of hydrogen-bond acceptors (Lipinski definition) is 2. The van der Waals surface area contributed by atoms with E-state index in [-0.39, 0.29) is 18.0 Å². The predicted octanol–water partition coefficient (Wildman–Crippen LogP) is 3.80. The molecular weight excluding hydrogens is 340 g/mol. The molecular formula is C18H21BrN2O. The van der Waals surface area contributed by atoms with Crippen LogP contribution in [0, 0.1) is 0 Å². The number of hydrogen-bond donors (Lipinski definition) is 2. The van der Waals surface area contributed by atoms with Gasteiger partial charge in [-0.1, -0.05) is 64.5 Å². The van der Waals surface area contributed by atoms with Crippen LogP contribution >= 0.6 is 15.9 Å². The van der Waals surface area contributed by atoms with Crippen LogP contribution in [-0.2, 0) is 11.3 Å². The molecule has 22 heavy (non-hydrogen) atoms. The lowest BCUT2D eigenvalue weighted by molar-refractivity contribution is -0.123. The average Bonchev–Trinajstić information content (AvgIpc) is 2.53. The standard InChI is InChI=1S/C18H21BrN2O/c1-13(16-10-6-7-11-17(16)19)21-14(2)18(22)20-12-15-8-4-3-5-9-15/h3-11,13-14,21H,12H2,1-2H3,(H,20,22). The van der Waals surface area contributed by atoms with Crippen LogP contribution in [0.1, 0.15) is 31.0 Å². The molecule has 2 rings (SSSR count). The van der Waals surface area contributed by atoms with Crippen LogP contribution < -0.4 is 10.6 Å². The van der Waals surface area contributed by atoms with E-state index in [4.69, 9.17) is 0 Å². The molecule has 116 valence electrons. The lowest BCUT2D eigenvalue weighted by Gasteiger charge is -2.21. The minimum Gasteiger partial charge on any atom is -0.351 e. The van der Waals surface area contributed by atoms with Gasteiger partial charge in [0.2, 0.25) is 5.91 Å². The molecule has 2 atom stereocenters. The normalized spacial score (nSPS) is 13.4. The molecule has 0 radical (unpaired) electrons. The highest BCUT2D eigenvalue weighted by Gasteiger charge is 2.17. The van der Waals surface area contributed by atoms with E-state index in [1.807, 2.05) is 55.5 Å². The van der Waals surface area contributed by atoms with Crippen molar-refractivity contribution < 1.29 is 4.79 Å². The summed E-state index contributed by atoms with van der Waals surface area (Å²) in [7, 11) is 0. The third-order valence-corrected chi connectivity index (χ3v) is 4.30. The van der Waals surface area contributed by atoms with Crippen molar-refractivity contribution in [2.24, 2.45) is 0 Å². The lowest BCUT2D eigenvalue weighted by Crippen LogP contribution is -2.42. The molecule has 2 unspecified atom stereocenters. The van der Waals surface area contributed by atoms with Gasteiger partial charge in [0.1, 0.15) is 0 Å². The molecule has 0 heterocycles. The van der Waals surface area contributed by atoms with Crippen molar-refractivity contribution in [1.29, 1.82) is 0 Å².